The highest BCUT2D eigenvalue weighted by Crippen LogP contribution is 2.34. The Labute approximate surface area is 196 Å². The van der Waals surface area contributed by atoms with E-state index in [9.17, 15) is 13.2 Å². The van der Waals surface area contributed by atoms with Crippen molar-refractivity contribution in [2.75, 3.05) is 21.9 Å². The van der Waals surface area contributed by atoms with Crippen LogP contribution < -0.4 is 9.62 Å². The van der Waals surface area contributed by atoms with Crippen LogP contribution in [0.4, 0.5) is 11.4 Å². The summed E-state index contributed by atoms with van der Waals surface area (Å²) in [5.41, 5.74) is 2.02. The van der Waals surface area contributed by atoms with E-state index in [0.717, 1.165) is 15.6 Å². The van der Waals surface area contributed by atoms with Crippen LogP contribution in [0.3, 0.4) is 0 Å². The van der Waals surface area contributed by atoms with E-state index in [4.69, 9.17) is 11.6 Å². The molecule has 3 aromatic rings. The fourth-order valence-electron chi connectivity index (χ4n) is 3.27. The molecule has 1 N–H and O–H groups in total. The summed E-state index contributed by atoms with van der Waals surface area (Å²) in [5, 5.41) is 4.17. The summed E-state index contributed by atoms with van der Waals surface area (Å²) >= 11 is 7.56. The van der Waals surface area contributed by atoms with Gasteiger partial charge < -0.3 is 9.88 Å². The van der Waals surface area contributed by atoms with Gasteiger partial charge >= 0.3 is 0 Å². The minimum Gasteiger partial charge on any atom is -0.329 e. The number of anilines is 2. The lowest BCUT2D eigenvalue weighted by Gasteiger charge is -2.16. The van der Waals surface area contributed by atoms with Crippen LogP contribution in [0, 0.1) is 0 Å². The molecule has 1 fully saturated rings. The fraction of sp³-hybridized carbons (Fsp3) is 0.182. The van der Waals surface area contributed by atoms with Crippen LogP contribution >= 0.6 is 23.4 Å². The van der Waals surface area contributed by atoms with Crippen molar-refractivity contribution >= 4 is 56.7 Å². The molecule has 1 aliphatic heterocycles. The number of carbonyl (C=O) groups excluding carboxylic acids is 1. The van der Waals surface area contributed by atoms with Gasteiger partial charge in [0.15, 0.2) is 5.16 Å². The Balaban J connectivity index is 1.45. The van der Waals surface area contributed by atoms with E-state index < -0.39 is 10.0 Å². The first-order valence-electron chi connectivity index (χ1n) is 9.86. The van der Waals surface area contributed by atoms with Crippen molar-refractivity contribution < 1.29 is 13.2 Å². The quantitative estimate of drug-likeness (QED) is 0.519. The predicted molar refractivity (Wildman–Crippen MR) is 129 cm³/mol. The molecule has 32 heavy (non-hydrogen) atoms. The van der Waals surface area contributed by atoms with Crippen molar-refractivity contribution in [3.63, 3.8) is 0 Å². The van der Waals surface area contributed by atoms with Crippen molar-refractivity contribution in [1.82, 2.24) is 9.55 Å². The third kappa shape index (κ3) is 5.17. The van der Waals surface area contributed by atoms with Gasteiger partial charge in [-0.1, -0.05) is 23.7 Å². The molecule has 0 saturated carbocycles. The molecule has 1 amide bonds. The Kier molecular flexibility index (Phi) is 6.59. The first-order valence-corrected chi connectivity index (χ1v) is 12.7. The summed E-state index contributed by atoms with van der Waals surface area (Å²) in [6.45, 7) is 0.498. The molecule has 7 nitrogen and oxygen atoms in total. The van der Waals surface area contributed by atoms with Gasteiger partial charge in [-0.15, -0.1) is 0 Å². The molecule has 1 saturated heterocycles. The smallest absolute Gasteiger partial charge is 0.248 e. The van der Waals surface area contributed by atoms with Crippen LogP contribution in [0.15, 0.2) is 71.0 Å². The molecule has 166 valence electrons. The normalized spacial score (nSPS) is 15.4. The zero-order valence-electron chi connectivity index (χ0n) is 17.2. The van der Waals surface area contributed by atoms with Gasteiger partial charge in [-0.05, 0) is 60.2 Å². The van der Waals surface area contributed by atoms with E-state index >= 15 is 0 Å². The van der Waals surface area contributed by atoms with Crippen LogP contribution in [0.1, 0.15) is 12.0 Å². The van der Waals surface area contributed by atoms with Crippen LogP contribution in [-0.2, 0) is 21.9 Å². The van der Waals surface area contributed by atoms with Gasteiger partial charge in [0.05, 0.1) is 17.1 Å². The average molecular weight is 489 g/mol. The molecule has 0 aliphatic carbocycles. The van der Waals surface area contributed by atoms with Gasteiger partial charge in [-0.25, -0.2) is 13.4 Å². The number of nitrogens with zero attached hydrogens (tertiary/aromatic N) is 3. The molecule has 2 heterocycles. The SMILES string of the molecule is Cn1ccnc1Sc1ccc(Cl)cc1NC(=O)/C=C/c1ccc(N2CCCS2(=O)=O)cc1. The number of carbonyl (C=O) groups is 1. The van der Waals surface area contributed by atoms with E-state index in [1.54, 1.807) is 48.7 Å². The summed E-state index contributed by atoms with van der Waals surface area (Å²) in [6.07, 6.45) is 7.30. The molecular weight excluding hydrogens is 468 g/mol. The molecule has 1 aliphatic rings. The Bertz CT molecular complexity index is 1270. The summed E-state index contributed by atoms with van der Waals surface area (Å²) in [7, 11) is -1.31. The maximum atomic E-state index is 12.5. The van der Waals surface area contributed by atoms with Crippen LogP contribution in [-0.4, -0.2) is 36.2 Å². The number of nitrogens with one attached hydrogen (secondary N) is 1. The Morgan fingerprint density at radius 1 is 1.22 bits per heavy atom. The molecule has 1 aromatic heterocycles. The average Bonchev–Trinajstić information content (AvgIpc) is 3.33. The number of benzene rings is 2. The Morgan fingerprint density at radius 2 is 2.00 bits per heavy atom. The minimum atomic E-state index is -3.21. The van der Waals surface area contributed by atoms with Crippen molar-refractivity contribution in [1.29, 1.82) is 0 Å². The van der Waals surface area contributed by atoms with Gasteiger partial charge in [0.1, 0.15) is 0 Å². The molecule has 10 heteroatoms. The van der Waals surface area contributed by atoms with E-state index in [1.165, 1.54) is 22.1 Å². The van der Waals surface area contributed by atoms with Gasteiger partial charge in [0.25, 0.3) is 0 Å². The number of hydrogen-bond acceptors (Lipinski definition) is 5. The predicted octanol–water partition coefficient (Wildman–Crippen LogP) is 4.42. The number of halogens is 1. The highest BCUT2D eigenvalue weighted by molar-refractivity contribution is 7.99. The lowest BCUT2D eigenvalue weighted by atomic mass is 10.2. The maximum Gasteiger partial charge on any atom is 0.248 e. The van der Waals surface area contributed by atoms with E-state index in [2.05, 4.69) is 10.3 Å². The number of imidazole rings is 1. The lowest BCUT2D eigenvalue weighted by molar-refractivity contribution is -0.111. The Morgan fingerprint density at radius 3 is 2.66 bits per heavy atom. The Hall–Kier alpha value is -2.75. The van der Waals surface area contributed by atoms with Gasteiger partial charge in [0, 0.05) is 42.0 Å². The second kappa shape index (κ2) is 9.40. The van der Waals surface area contributed by atoms with Crippen molar-refractivity contribution in [2.45, 2.75) is 16.5 Å². The largest absolute Gasteiger partial charge is 0.329 e. The number of aromatic nitrogens is 2. The van der Waals surface area contributed by atoms with E-state index in [-0.39, 0.29) is 11.7 Å². The third-order valence-corrected chi connectivity index (χ3v) is 8.14. The van der Waals surface area contributed by atoms with Crippen LogP contribution in [0.25, 0.3) is 6.08 Å². The van der Waals surface area contributed by atoms with Crippen molar-refractivity contribution in [3.05, 3.63) is 71.5 Å². The second-order valence-corrected chi connectivity index (χ2v) is 10.7. The zero-order chi connectivity index (χ0) is 22.7. The molecule has 0 unspecified atom stereocenters. The second-order valence-electron chi connectivity index (χ2n) is 7.22. The molecule has 0 atom stereocenters. The van der Waals surface area contributed by atoms with Crippen molar-refractivity contribution in [2.24, 2.45) is 7.05 Å². The zero-order valence-corrected chi connectivity index (χ0v) is 19.6. The topological polar surface area (TPSA) is 84.3 Å². The van der Waals surface area contributed by atoms with Crippen LogP contribution in [0.5, 0.6) is 0 Å². The number of aryl methyl sites for hydroxylation is 1. The summed E-state index contributed by atoms with van der Waals surface area (Å²) in [6, 6.07) is 12.4. The molecule has 0 radical (unpaired) electrons. The molecule has 4 rings (SSSR count). The van der Waals surface area contributed by atoms with Crippen molar-refractivity contribution in [3.8, 4) is 0 Å². The van der Waals surface area contributed by atoms with Crippen LogP contribution in [0.2, 0.25) is 5.02 Å². The maximum absolute atomic E-state index is 12.5. The molecule has 2 aromatic carbocycles. The minimum absolute atomic E-state index is 0.179. The molecule has 0 bridgehead atoms. The standard InChI is InChI=1S/C22H21ClN4O3S2/c1-26-13-11-24-22(26)31-20-9-6-17(23)15-19(20)25-21(28)10-5-16-3-7-18(8-4-16)27-12-2-14-32(27,29)30/h3-11,13,15H,2,12,14H2,1H3,(H,25,28)/b10-5+. The fourth-order valence-corrected chi connectivity index (χ4v) is 5.87. The molecule has 0 spiro atoms. The van der Waals surface area contributed by atoms with Gasteiger partial charge in [-0.3, -0.25) is 9.10 Å². The summed E-state index contributed by atoms with van der Waals surface area (Å²) < 4.78 is 27.4. The van der Waals surface area contributed by atoms with Gasteiger partial charge in [0.2, 0.25) is 15.9 Å². The number of amides is 1. The van der Waals surface area contributed by atoms with E-state index in [0.29, 0.717) is 29.4 Å². The lowest BCUT2D eigenvalue weighted by Crippen LogP contribution is -2.24. The summed E-state index contributed by atoms with van der Waals surface area (Å²) in [5.74, 6) is -0.126. The number of sulfonamides is 1. The van der Waals surface area contributed by atoms with Gasteiger partial charge in [-0.2, -0.15) is 0 Å². The number of hydrogen-bond donors (Lipinski definition) is 1. The number of rotatable bonds is 6. The third-order valence-electron chi connectivity index (χ3n) is 4.89. The van der Waals surface area contributed by atoms with E-state index in [1.807, 2.05) is 23.9 Å². The first kappa shape index (κ1) is 22.4. The first-order chi connectivity index (χ1) is 15.3. The molecular formula is C22H21ClN4O3S2. The summed E-state index contributed by atoms with van der Waals surface area (Å²) in [4.78, 5) is 17.6. The monoisotopic (exact) mass is 488 g/mol. The highest BCUT2D eigenvalue weighted by Gasteiger charge is 2.28. The highest BCUT2D eigenvalue weighted by atomic mass is 35.5.